The van der Waals surface area contributed by atoms with E-state index in [-0.39, 0.29) is 30.8 Å². The summed E-state index contributed by atoms with van der Waals surface area (Å²) in [5.41, 5.74) is 1.83. The van der Waals surface area contributed by atoms with Gasteiger partial charge in [-0.15, -0.1) is 0 Å². The molecule has 4 amide bonds. The second-order valence-electron chi connectivity index (χ2n) is 5.97. The van der Waals surface area contributed by atoms with E-state index in [0.717, 1.165) is 28.5 Å². The molecule has 2 fully saturated rings. The summed E-state index contributed by atoms with van der Waals surface area (Å²) in [5, 5.41) is 2.41. The van der Waals surface area contributed by atoms with Crippen molar-refractivity contribution in [3.8, 4) is 0 Å². The van der Waals surface area contributed by atoms with Crippen LogP contribution in [0.4, 0.5) is 4.79 Å². The second-order valence-corrected chi connectivity index (χ2v) is 5.97. The fraction of sp³-hybridized carbons (Fsp3) is 0.533. The van der Waals surface area contributed by atoms with E-state index in [1.165, 1.54) is 0 Å². The average molecular weight is 317 g/mol. The van der Waals surface area contributed by atoms with Gasteiger partial charge >= 0.3 is 6.03 Å². The Hall–Kier alpha value is -2.51. The first kappa shape index (κ1) is 15.4. The van der Waals surface area contributed by atoms with Gasteiger partial charge in [0.15, 0.2) is 0 Å². The van der Waals surface area contributed by atoms with Crippen LogP contribution in [0.5, 0.6) is 0 Å². The SMILES string of the molecule is Cc1cc(C)nc(C2CCN(C(=O)CN3C(=O)CNC3=O)C2)n1. The third-order valence-electron chi connectivity index (χ3n) is 4.14. The monoisotopic (exact) mass is 317 g/mol. The molecule has 8 nitrogen and oxygen atoms in total. The van der Waals surface area contributed by atoms with Crippen molar-refractivity contribution in [1.29, 1.82) is 0 Å². The Morgan fingerprint density at radius 1 is 1.30 bits per heavy atom. The van der Waals surface area contributed by atoms with Gasteiger partial charge < -0.3 is 10.2 Å². The van der Waals surface area contributed by atoms with E-state index >= 15 is 0 Å². The van der Waals surface area contributed by atoms with E-state index < -0.39 is 6.03 Å². The summed E-state index contributed by atoms with van der Waals surface area (Å²) in [6.07, 6.45) is 0.786. The van der Waals surface area contributed by atoms with E-state index in [4.69, 9.17) is 0 Å². The molecule has 23 heavy (non-hydrogen) atoms. The Bertz CT molecular complexity index is 639. The molecule has 1 atom stereocenters. The molecule has 3 heterocycles. The van der Waals surface area contributed by atoms with Crippen LogP contribution in [0.15, 0.2) is 6.07 Å². The number of amides is 4. The van der Waals surface area contributed by atoms with Crippen LogP contribution in [0.1, 0.15) is 29.6 Å². The van der Waals surface area contributed by atoms with Crippen molar-refractivity contribution in [3.05, 3.63) is 23.3 Å². The molecule has 1 N–H and O–H groups in total. The summed E-state index contributed by atoms with van der Waals surface area (Å²) < 4.78 is 0. The zero-order chi connectivity index (χ0) is 16.6. The summed E-state index contributed by atoms with van der Waals surface area (Å²) in [6.45, 7) is 4.71. The maximum Gasteiger partial charge on any atom is 0.325 e. The van der Waals surface area contributed by atoms with Crippen LogP contribution in [-0.4, -0.2) is 63.8 Å². The third-order valence-corrected chi connectivity index (χ3v) is 4.14. The first-order chi connectivity index (χ1) is 10.9. The van der Waals surface area contributed by atoms with E-state index in [2.05, 4.69) is 15.3 Å². The predicted molar refractivity (Wildman–Crippen MR) is 80.6 cm³/mol. The summed E-state index contributed by atoms with van der Waals surface area (Å²) in [7, 11) is 0. The third kappa shape index (κ3) is 3.15. The second kappa shape index (κ2) is 5.94. The van der Waals surface area contributed by atoms with Gasteiger partial charge in [0.05, 0.1) is 6.54 Å². The van der Waals surface area contributed by atoms with Crippen LogP contribution in [0.3, 0.4) is 0 Å². The number of rotatable bonds is 3. The Balaban J connectivity index is 1.64. The van der Waals surface area contributed by atoms with Gasteiger partial charge in [-0.1, -0.05) is 0 Å². The van der Waals surface area contributed by atoms with E-state index in [1.54, 1.807) is 4.90 Å². The minimum absolute atomic E-state index is 0.0366. The highest BCUT2D eigenvalue weighted by Gasteiger charge is 2.34. The fourth-order valence-corrected chi connectivity index (χ4v) is 2.98. The van der Waals surface area contributed by atoms with E-state index in [0.29, 0.717) is 13.1 Å². The molecule has 0 spiro atoms. The Morgan fingerprint density at radius 3 is 2.61 bits per heavy atom. The molecule has 0 radical (unpaired) electrons. The highest BCUT2D eigenvalue weighted by molar-refractivity contribution is 6.04. The van der Waals surface area contributed by atoms with Crippen molar-refractivity contribution in [2.24, 2.45) is 0 Å². The van der Waals surface area contributed by atoms with Crippen LogP contribution >= 0.6 is 0 Å². The minimum Gasteiger partial charge on any atom is -0.340 e. The smallest absolute Gasteiger partial charge is 0.325 e. The highest BCUT2D eigenvalue weighted by atomic mass is 16.2. The van der Waals surface area contributed by atoms with Gasteiger partial charge in [0, 0.05) is 30.4 Å². The van der Waals surface area contributed by atoms with Gasteiger partial charge in [0.1, 0.15) is 12.4 Å². The van der Waals surface area contributed by atoms with Crippen molar-refractivity contribution >= 4 is 17.8 Å². The number of likely N-dealkylation sites (tertiary alicyclic amines) is 1. The zero-order valence-electron chi connectivity index (χ0n) is 13.2. The van der Waals surface area contributed by atoms with Gasteiger partial charge in [-0.05, 0) is 26.3 Å². The lowest BCUT2D eigenvalue weighted by atomic mass is 10.1. The molecule has 0 aromatic carbocycles. The van der Waals surface area contributed by atoms with Crippen molar-refractivity contribution in [3.63, 3.8) is 0 Å². The van der Waals surface area contributed by atoms with E-state index in [9.17, 15) is 14.4 Å². The van der Waals surface area contributed by atoms with Crippen molar-refractivity contribution in [2.75, 3.05) is 26.2 Å². The number of carbonyl (C=O) groups is 3. The summed E-state index contributed by atoms with van der Waals surface area (Å²) in [6, 6.07) is 1.41. The predicted octanol–water partition coefficient (Wildman–Crippen LogP) is -0.0389. The molecule has 3 rings (SSSR count). The number of urea groups is 1. The molecule has 2 saturated heterocycles. The molecule has 1 unspecified atom stereocenters. The molecule has 0 bridgehead atoms. The normalized spacial score (nSPS) is 21.0. The quantitative estimate of drug-likeness (QED) is 0.789. The molecular weight excluding hydrogens is 298 g/mol. The van der Waals surface area contributed by atoms with Gasteiger partial charge in [-0.25, -0.2) is 14.8 Å². The van der Waals surface area contributed by atoms with Crippen molar-refractivity contribution < 1.29 is 14.4 Å². The molecule has 8 heteroatoms. The van der Waals surface area contributed by atoms with E-state index in [1.807, 2.05) is 19.9 Å². The summed E-state index contributed by atoms with van der Waals surface area (Å²) in [5.74, 6) is 0.271. The Morgan fingerprint density at radius 2 is 2.00 bits per heavy atom. The Labute approximate surface area is 133 Å². The minimum atomic E-state index is -0.503. The largest absolute Gasteiger partial charge is 0.340 e. The first-order valence-corrected chi connectivity index (χ1v) is 7.62. The number of hydrogen-bond donors (Lipinski definition) is 1. The highest BCUT2D eigenvalue weighted by Crippen LogP contribution is 2.25. The topological polar surface area (TPSA) is 95.5 Å². The van der Waals surface area contributed by atoms with Gasteiger partial charge in [-0.3, -0.25) is 14.5 Å². The fourth-order valence-electron chi connectivity index (χ4n) is 2.98. The van der Waals surface area contributed by atoms with Crippen molar-refractivity contribution in [1.82, 2.24) is 25.1 Å². The first-order valence-electron chi connectivity index (χ1n) is 7.62. The lowest BCUT2D eigenvalue weighted by Crippen LogP contribution is -2.42. The molecule has 0 aliphatic carbocycles. The summed E-state index contributed by atoms with van der Waals surface area (Å²) >= 11 is 0. The van der Waals surface area contributed by atoms with Crippen LogP contribution in [-0.2, 0) is 9.59 Å². The number of nitrogens with one attached hydrogen (secondary N) is 1. The van der Waals surface area contributed by atoms with Crippen LogP contribution in [0.2, 0.25) is 0 Å². The lowest BCUT2D eigenvalue weighted by Gasteiger charge is -2.19. The summed E-state index contributed by atoms with van der Waals surface area (Å²) in [4.78, 5) is 46.9. The van der Waals surface area contributed by atoms with Crippen LogP contribution < -0.4 is 5.32 Å². The van der Waals surface area contributed by atoms with Gasteiger partial charge in [-0.2, -0.15) is 0 Å². The maximum absolute atomic E-state index is 12.3. The zero-order valence-corrected chi connectivity index (χ0v) is 13.2. The number of nitrogens with zero attached hydrogens (tertiary/aromatic N) is 4. The molecular formula is C15H19N5O3. The molecule has 122 valence electrons. The van der Waals surface area contributed by atoms with Gasteiger partial charge in [0.25, 0.3) is 5.91 Å². The number of carbonyl (C=O) groups excluding carboxylic acids is 3. The standard InChI is InChI=1S/C15H19N5O3/c1-9-5-10(2)18-14(17-9)11-3-4-19(7-11)13(22)8-20-12(21)6-16-15(20)23/h5,11H,3-4,6-8H2,1-2H3,(H,16,23). The number of imide groups is 1. The van der Waals surface area contributed by atoms with Crippen LogP contribution in [0, 0.1) is 13.8 Å². The molecule has 1 aromatic heterocycles. The van der Waals surface area contributed by atoms with Gasteiger partial charge in [0.2, 0.25) is 5.91 Å². The number of aromatic nitrogens is 2. The molecule has 2 aliphatic rings. The lowest BCUT2D eigenvalue weighted by molar-refractivity contribution is -0.135. The molecule has 1 aromatic rings. The van der Waals surface area contributed by atoms with Crippen LogP contribution in [0.25, 0.3) is 0 Å². The molecule has 0 saturated carbocycles. The molecule has 2 aliphatic heterocycles. The average Bonchev–Trinajstić information content (AvgIpc) is 3.09. The number of hydrogen-bond acceptors (Lipinski definition) is 5. The van der Waals surface area contributed by atoms with Crippen molar-refractivity contribution in [2.45, 2.75) is 26.2 Å². The maximum atomic E-state index is 12.3. The Kier molecular flexibility index (Phi) is 3.97. The number of aryl methyl sites for hydroxylation is 2.